The monoisotopic (exact) mass is 237 g/mol. The molecule has 0 aliphatic rings. The number of rotatable bonds is 6. The first kappa shape index (κ1) is 13.7. The largest absolute Gasteiger partial charge is 0.354 e. The topological polar surface area (TPSA) is 47.6 Å². The van der Waals surface area contributed by atoms with Crippen molar-refractivity contribution in [2.45, 2.75) is 18.6 Å². The van der Waals surface area contributed by atoms with Gasteiger partial charge in [-0.15, -0.1) is 0 Å². The van der Waals surface area contributed by atoms with Crippen LogP contribution < -0.4 is 5.32 Å². The molecule has 0 aromatic heterocycles. The third kappa shape index (κ3) is 3.28. The van der Waals surface area contributed by atoms with Crippen LogP contribution in [-0.4, -0.2) is 33.0 Å². The molecule has 0 saturated carbocycles. The molecule has 1 aromatic carbocycles. The molecule has 17 heavy (non-hydrogen) atoms. The lowest BCUT2D eigenvalue weighted by Gasteiger charge is -2.28. The summed E-state index contributed by atoms with van der Waals surface area (Å²) in [5.41, 5.74) is 1.15. The Morgan fingerprint density at radius 3 is 2.29 bits per heavy atom. The summed E-state index contributed by atoms with van der Waals surface area (Å²) in [7, 11) is 4.52. The predicted molar refractivity (Wildman–Crippen MR) is 65.6 cm³/mol. The first-order chi connectivity index (χ1) is 8.18. The lowest BCUT2D eigenvalue weighted by molar-refractivity contribution is -0.211. The van der Waals surface area contributed by atoms with Crippen molar-refractivity contribution in [2.24, 2.45) is 0 Å². The number of ether oxygens (including phenoxy) is 2. The third-order valence-electron chi connectivity index (χ3n) is 2.82. The standard InChI is InChI=1S/C13H19NO3/c1-14-12(15)13(16-2,17-3)10-9-11-7-5-4-6-8-11/h4-8H,9-10H2,1-3H3,(H,14,15). The van der Waals surface area contributed by atoms with Crippen molar-refractivity contribution in [1.29, 1.82) is 0 Å². The van der Waals surface area contributed by atoms with E-state index in [1.54, 1.807) is 7.05 Å². The Bertz CT molecular complexity index is 347. The number of hydrogen-bond donors (Lipinski definition) is 1. The molecule has 0 atom stereocenters. The SMILES string of the molecule is CNC(=O)C(CCc1ccccc1)(OC)OC. The zero-order valence-corrected chi connectivity index (χ0v) is 10.5. The summed E-state index contributed by atoms with van der Waals surface area (Å²) in [4.78, 5) is 11.8. The number of benzene rings is 1. The maximum Gasteiger partial charge on any atom is 0.280 e. The lowest BCUT2D eigenvalue weighted by atomic mass is 10.0. The number of carbonyl (C=O) groups is 1. The number of methoxy groups -OCH3 is 2. The van der Waals surface area contributed by atoms with E-state index in [9.17, 15) is 4.79 Å². The number of likely N-dealkylation sites (N-methyl/N-ethyl adjacent to an activating group) is 1. The van der Waals surface area contributed by atoms with Crippen LogP contribution in [0.4, 0.5) is 0 Å². The van der Waals surface area contributed by atoms with Gasteiger partial charge in [0.05, 0.1) is 0 Å². The Balaban J connectivity index is 2.71. The van der Waals surface area contributed by atoms with Crippen LogP contribution in [-0.2, 0) is 20.7 Å². The van der Waals surface area contributed by atoms with Crippen LogP contribution >= 0.6 is 0 Å². The average molecular weight is 237 g/mol. The van der Waals surface area contributed by atoms with Crippen molar-refractivity contribution in [2.75, 3.05) is 21.3 Å². The first-order valence-corrected chi connectivity index (χ1v) is 5.55. The van der Waals surface area contributed by atoms with Gasteiger partial charge in [0.1, 0.15) is 0 Å². The number of amides is 1. The van der Waals surface area contributed by atoms with Gasteiger partial charge in [-0.1, -0.05) is 30.3 Å². The Morgan fingerprint density at radius 1 is 1.24 bits per heavy atom. The van der Waals surface area contributed by atoms with Crippen molar-refractivity contribution >= 4 is 5.91 Å². The molecule has 1 N–H and O–H groups in total. The van der Waals surface area contributed by atoms with Crippen LogP contribution in [0.2, 0.25) is 0 Å². The minimum Gasteiger partial charge on any atom is -0.354 e. The van der Waals surface area contributed by atoms with E-state index in [4.69, 9.17) is 9.47 Å². The van der Waals surface area contributed by atoms with Gasteiger partial charge in [-0.2, -0.15) is 0 Å². The summed E-state index contributed by atoms with van der Waals surface area (Å²) in [5, 5.41) is 2.56. The molecule has 1 amide bonds. The number of aryl methyl sites for hydroxylation is 1. The molecule has 0 unspecified atom stereocenters. The van der Waals surface area contributed by atoms with Crippen molar-refractivity contribution in [3.05, 3.63) is 35.9 Å². The van der Waals surface area contributed by atoms with Gasteiger partial charge in [0.2, 0.25) is 5.79 Å². The maximum atomic E-state index is 11.8. The van der Waals surface area contributed by atoms with Gasteiger partial charge in [0, 0.05) is 27.7 Å². The van der Waals surface area contributed by atoms with E-state index in [0.717, 1.165) is 12.0 Å². The van der Waals surface area contributed by atoms with Crippen LogP contribution in [0.5, 0.6) is 0 Å². The molecule has 0 spiro atoms. The summed E-state index contributed by atoms with van der Waals surface area (Å²) in [6, 6.07) is 9.93. The fourth-order valence-corrected chi connectivity index (χ4v) is 1.73. The van der Waals surface area contributed by atoms with Crippen LogP contribution in [0, 0.1) is 0 Å². The summed E-state index contributed by atoms with van der Waals surface area (Å²) < 4.78 is 10.5. The number of nitrogens with one attached hydrogen (secondary N) is 1. The minimum atomic E-state index is -1.20. The van der Waals surface area contributed by atoms with Crippen molar-refractivity contribution in [3.63, 3.8) is 0 Å². The molecule has 0 aliphatic carbocycles. The fraction of sp³-hybridized carbons (Fsp3) is 0.462. The fourth-order valence-electron chi connectivity index (χ4n) is 1.73. The summed E-state index contributed by atoms with van der Waals surface area (Å²) >= 11 is 0. The van der Waals surface area contributed by atoms with E-state index in [2.05, 4.69) is 5.32 Å². The highest BCUT2D eigenvalue weighted by molar-refractivity contribution is 5.83. The van der Waals surface area contributed by atoms with Crippen LogP contribution in [0.1, 0.15) is 12.0 Å². The second kappa shape index (κ2) is 6.37. The Hall–Kier alpha value is -1.39. The van der Waals surface area contributed by atoms with Crippen LogP contribution in [0.15, 0.2) is 30.3 Å². The third-order valence-corrected chi connectivity index (χ3v) is 2.82. The molecule has 4 heteroatoms. The normalized spacial score (nSPS) is 11.2. The second-order valence-corrected chi connectivity index (χ2v) is 3.73. The second-order valence-electron chi connectivity index (χ2n) is 3.73. The molecule has 94 valence electrons. The van der Waals surface area contributed by atoms with E-state index in [1.807, 2.05) is 30.3 Å². The van der Waals surface area contributed by atoms with E-state index in [1.165, 1.54) is 14.2 Å². The number of hydrogen-bond acceptors (Lipinski definition) is 3. The van der Waals surface area contributed by atoms with Gasteiger partial charge >= 0.3 is 0 Å². The van der Waals surface area contributed by atoms with E-state index >= 15 is 0 Å². The Kier molecular flexibility index (Phi) is 5.12. The zero-order chi connectivity index (χ0) is 12.7. The molecule has 0 heterocycles. The van der Waals surface area contributed by atoms with E-state index < -0.39 is 5.79 Å². The summed E-state index contributed by atoms with van der Waals surface area (Å²) in [5.74, 6) is -1.47. The average Bonchev–Trinajstić information content (AvgIpc) is 2.41. The highest BCUT2D eigenvalue weighted by Crippen LogP contribution is 2.19. The molecule has 0 fully saturated rings. The van der Waals surface area contributed by atoms with Crippen molar-refractivity contribution in [3.8, 4) is 0 Å². The molecule has 0 aliphatic heterocycles. The molecule has 1 rings (SSSR count). The van der Waals surface area contributed by atoms with Crippen LogP contribution in [0.3, 0.4) is 0 Å². The van der Waals surface area contributed by atoms with Gasteiger partial charge in [-0.25, -0.2) is 0 Å². The molecular weight excluding hydrogens is 218 g/mol. The molecule has 0 bridgehead atoms. The molecule has 1 aromatic rings. The van der Waals surface area contributed by atoms with E-state index in [0.29, 0.717) is 6.42 Å². The van der Waals surface area contributed by atoms with Gasteiger partial charge in [0.25, 0.3) is 5.91 Å². The van der Waals surface area contributed by atoms with Gasteiger partial charge in [0.15, 0.2) is 0 Å². The van der Waals surface area contributed by atoms with Gasteiger partial charge < -0.3 is 14.8 Å². The summed E-state index contributed by atoms with van der Waals surface area (Å²) in [6.45, 7) is 0. The molecular formula is C13H19NO3. The van der Waals surface area contributed by atoms with E-state index in [-0.39, 0.29) is 5.91 Å². The summed E-state index contributed by atoms with van der Waals surface area (Å²) in [6.07, 6.45) is 1.19. The molecule has 4 nitrogen and oxygen atoms in total. The first-order valence-electron chi connectivity index (χ1n) is 5.55. The highest BCUT2D eigenvalue weighted by Gasteiger charge is 2.37. The highest BCUT2D eigenvalue weighted by atomic mass is 16.7. The molecule has 0 saturated heterocycles. The lowest BCUT2D eigenvalue weighted by Crippen LogP contribution is -2.49. The number of carbonyl (C=O) groups excluding carboxylic acids is 1. The quantitative estimate of drug-likeness (QED) is 0.760. The Labute approximate surface area is 102 Å². The van der Waals surface area contributed by atoms with Gasteiger partial charge in [-0.05, 0) is 12.0 Å². The smallest absolute Gasteiger partial charge is 0.280 e. The van der Waals surface area contributed by atoms with Crippen molar-refractivity contribution in [1.82, 2.24) is 5.32 Å². The zero-order valence-electron chi connectivity index (χ0n) is 10.5. The van der Waals surface area contributed by atoms with Gasteiger partial charge in [-0.3, -0.25) is 4.79 Å². The van der Waals surface area contributed by atoms with Crippen LogP contribution in [0.25, 0.3) is 0 Å². The predicted octanol–water partition coefficient (Wildman–Crippen LogP) is 1.35. The maximum absolute atomic E-state index is 11.8. The Morgan fingerprint density at radius 2 is 1.82 bits per heavy atom. The minimum absolute atomic E-state index is 0.265. The molecule has 0 radical (unpaired) electrons. The van der Waals surface area contributed by atoms with Crippen molar-refractivity contribution < 1.29 is 14.3 Å².